The van der Waals surface area contributed by atoms with Gasteiger partial charge in [0.05, 0.1) is 5.69 Å². The lowest BCUT2D eigenvalue weighted by atomic mass is 10.1. The summed E-state index contributed by atoms with van der Waals surface area (Å²) in [5, 5.41) is 3.30. The van der Waals surface area contributed by atoms with Crippen molar-refractivity contribution in [2.45, 2.75) is 65.5 Å². The van der Waals surface area contributed by atoms with E-state index in [2.05, 4.69) is 36.0 Å². The molecular formula is C16H29N3O. The zero-order chi connectivity index (χ0) is 14.4. The summed E-state index contributed by atoms with van der Waals surface area (Å²) < 4.78 is 5.74. The van der Waals surface area contributed by atoms with E-state index in [0.717, 1.165) is 37.3 Å². The molecule has 1 aliphatic rings. The van der Waals surface area contributed by atoms with Crippen LogP contribution >= 0.6 is 0 Å². The van der Waals surface area contributed by atoms with Gasteiger partial charge >= 0.3 is 0 Å². The third-order valence-corrected chi connectivity index (χ3v) is 4.05. The summed E-state index contributed by atoms with van der Waals surface area (Å²) in [4.78, 5) is 7.07. The molecule has 0 unspecified atom stereocenters. The molecule has 0 atom stereocenters. The van der Waals surface area contributed by atoms with E-state index in [-0.39, 0.29) is 0 Å². The Morgan fingerprint density at radius 1 is 1.40 bits per heavy atom. The Morgan fingerprint density at radius 2 is 2.15 bits per heavy atom. The normalized spacial score (nSPS) is 16.2. The van der Waals surface area contributed by atoms with Gasteiger partial charge in [0.15, 0.2) is 0 Å². The average molecular weight is 279 g/mol. The minimum Gasteiger partial charge on any atom is -0.432 e. The molecule has 4 nitrogen and oxygen atoms in total. The van der Waals surface area contributed by atoms with Gasteiger partial charge in [0, 0.05) is 19.1 Å². The van der Waals surface area contributed by atoms with Crippen LogP contribution in [0.3, 0.4) is 0 Å². The van der Waals surface area contributed by atoms with Crippen molar-refractivity contribution < 1.29 is 4.42 Å². The van der Waals surface area contributed by atoms with Gasteiger partial charge in [-0.1, -0.05) is 33.6 Å². The maximum Gasteiger partial charge on any atom is 0.297 e. The lowest BCUT2D eigenvalue weighted by Gasteiger charge is -2.28. The lowest BCUT2D eigenvalue weighted by Crippen LogP contribution is -2.35. The van der Waals surface area contributed by atoms with E-state index in [1.54, 1.807) is 6.26 Å². The van der Waals surface area contributed by atoms with Crippen molar-refractivity contribution in [3.63, 3.8) is 0 Å². The number of nitrogens with one attached hydrogen (secondary N) is 1. The second kappa shape index (κ2) is 7.67. The molecular weight excluding hydrogens is 250 g/mol. The van der Waals surface area contributed by atoms with E-state index in [4.69, 9.17) is 4.42 Å². The predicted molar refractivity (Wildman–Crippen MR) is 82.9 cm³/mol. The standard InChI is InChI=1S/C16H29N3O/c1-4-17-11-14-12-20-16(18-14)19(10-9-13(2)3)15-7-5-6-8-15/h12-13,15,17H,4-11H2,1-3H3. The van der Waals surface area contributed by atoms with Crippen molar-refractivity contribution in [2.75, 3.05) is 18.0 Å². The van der Waals surface area contributed by atoms with Gasteiger partial charge in [0.25, 0.3) is 6.01 Å². The SMILES string of the molecule is CCNCc1coc(N(CCC(C)C)C2CCCC2)n1. The van der Waals surface area contributed by atoms with Gasteiger partial charge in [0.2, 0.25) is 0 Å². The molecule has 20 heavy (non-hydrogen) atoms. The Bertz CT molecular complexity index is 383. The molecule has 0 aromatic carbocycles. The highest BCUT2D eigenvalue weighted by Gasteiger charge is 2.26. The number of nitrogens with zero attached hydrogens (tertiary/aromatic N) is 2. The molecule has 0 amide bonds. The Balaban J connectivity index is 2.02. The molecule has 114 valence electrons. The highest BCUT2D eigenvalue weighted by atomic mass is 16.4. The summed E-state index contributed by atoms with van der Waals surface area (Å²) in [6.45, 7) is 9.47. The van der Waals surface area contributed by atoms with Gasteiger partial charge in [-0.05, 0) is 31.7 Å². The highest BCUT2D eigenvalue weighted by Crippen LogP contribution is 2.28. The molecule has 1 N–H and O–H groups in total. The van der Waals surface area contributed by atoms with Crippen molar-refractivity contribution in [1.29, 1.82) is 0 Å². The molecule has 1 aromatic rings. The van der Waals surface area contributed by atoms with Crippen molar-refractivity contribution >= 4 is 6.01 Å². The third-order valence-electron chi connectivity index (χ3n) is 4.05. The van der Waals surface area contributed by atoms with Crippen LogP contribution in [0.5, 0.6) is 0 Å². The first-order chi connectivity index (χ1) is 9.70. The molecule has 1 saturated carbocycles. The summed E-state index contributed by atoms with van der Waals surface area (Å²) in [6, 6.07) is 1.45. The van der Waals surface area contributed by atoms with Gasteiger partial charge in [-0.3, -0.25) is 0 Å². The molecule has 1 fully saturated rings. The molecule has 0 aliphatic heterocycles. The van der Waals surface area contributed by atoms with Gasteiger partial charge in [-0.2, -0.15) is 4.98 Å². The van der Waals surface area contributed by atoms with Gasteiger partial charge in [-0.25, -0.2) is 0 Å². The third kappa shape index (κ3) is 4.23. The van der Waals surface area contributed by atoms with E-state index in [1.165, 1.54) is 32.1 Å². The average Bonchev–Trinajstić information content (AvgIpc) is 3.08. The van der Waals surface area contributed by atoms with E-state index in [9.17, 15) is 0 Å². The first-order valence-electron chi connectivity index (χ1n) is 8.12. The van der Waals surface area contributed by atoms with Crippen LogP contribution in [0.25, 0.3) is 0 Å². The van der Waals surface area contributed by atoms with Crippen molar-refractivity contribution in [3.8, 4) is 0 Å². The van der Waals surface area contributed by atoms with Gasteiger partial charge in [-0.15, -0.1) is 0 Å². The molecule has 0 saturated heterocycles. The van der Waals surface area contributed by atoms with Crippen LogP contribution in [0, 0.1) is 5.92 Å². The Hall–Kier alpha value is -1.03. The van der Waals surface area contributed by atoms with Crippen molar-refractivity contribution in [2.24, 2.45) is 5.92 Å². The van der Waals surface area contributed by atoms with Gasteiger partial charge in [0.1, 0.15) is 6.26 Å². The smallest absolute Gasteiger partial charge is 0.297 e. The maximum atomic E-state index is 5.74. The molecule has 1 heterocycles. The quantitative estimate of drug-likeness (QED) is 0.789. The van der Waals surface area contributed by atoms with Crippen LogP contribution in [-0.4, -0.2) is 24.1 Å². The van der Waals surface area contributed by atoms with Gasteiger partial charge < -0.3 is 14.6 Å². The van der Waals surface area contributed by atoms with Crippen LogP contribution in [0.4, 0.5) is 6.01 Å². The fraction of sp³-hybridized carbons (Fsp3) is 0.812. The minimum atomic E-state index is 0.624. The van der Waals surface area contributed by atoms with Crippen LogP contribution in [0.15, 0.2) is 10.7 Å². The molecule has 1 aromatic heterocycles. The fourth-order valence-electron chi connectivity index (χ4n) is 2.81. The highest BCUT2D eigenvalue weighted by molar-refractivity contribution is 5.29. The summed E-state index contributed by atoms with van der Waals surface area (Å²) >= 11 is 0. The number of rotatable bonds is 8. The summed E-state index contributed by atoms with van der Waals surface area (Å²) in [5.41, 5.74) is 1.01. The summed E-state index contributed by atoms with van der Waals surface area (Å²) in [6.07, 6.45) is 8.24. The number of anilines is 1. The maximum absolute atomic E-state index is 5.74. The van der Waals surface area contributed by atoms with Crippen LogP contribution in [0.2, 0.25) is 0 Å². The Morgan fingerprint density at radius 3 is 2.80 bits per heavy atom. The summed E-state index contributed by atoms with van der Waals surface area (Å²) in [7, 11) is 0. The molecule has 2 rings (SSSR count). The largest absolute Gasteiger partial charge is 0.432 e. The molecule has 1 aliphatic carbocycles. The van der Waals surface area contributed by atoms with Crippen LogP contribution in [0.1, 0.15) is 58.6 Å². The zero-order valence-electron chi connectivity index (χ0n) is 13.2. The second-order valence-electron chi connectivity index (χ2n) is 6.22. The van der Waals surface area contributed by atoms with E-state index >= 15 is 0 Å². The topological polar surface area (TPSA) is 41.3 Å². The Labute approximate surface area is 122 Å². The Kier molecular flexibility index (Phi) is 5.89. The minimum absolute atomic E-state index is 0.624. The van der Waals surface area contributed by atoms with Crippen LogP contribution in [-0.2, 0) is 6.54 Å². The van der Waals surface area contributed by atoms with Crippen molar-refractivity contribution in [1.82, 2.24) is 10.3 Å². The fourth-order valence-corrected chi connectivity index (χ4v) is 2.81. The number of oxazole rings is 1. The first-order valence-corrected chi connectivity index (χ1v) is 8.12. The molecule has 0 radical (unpaired) electrons. The number of hydrogen-bond acceptors (Lipinski definition) is 4. The van der Waals surface area contributed by atoms with Crippen LogP contribution < -0.4 is 10.2 Å². The monoisotopic (exact) mass is 279 g/mol. The number of aromatic nitrogens is 1. The summed E-state index contributed by atoms with van der Waals surface area (Å²) in [5.74, 6) is 0.718. The van der Waals surface area contributed by atoms with Crippen molar-refractivity contribution in [3.05, 3.63) is 12.0 Å². The molecule has 0 bridgehead atoms. The second-order valence-corrected chi connectivity index (χ2v) is 6.22. The molecule has 4 heteroatoms. The number of hydrogen-bond donors (Lipinski definition) is 1. The van der Waals surface area contributed by atoms with E-state index in [0.29, 0.717) is 6.04 Å². The zero-order valence-corrected chi connectivity index (χ0v) is 13.2. The predicted octanol–water partition coefficient (Wildman–Crippen LogP) is 3.58. The molecule has 0 spiro atoms. The lowest BCUT2D eigenvalue weighted by molar-refractivity contribution is 0.466. The first kappa shape index (κ1) is 15.4. The van der Waals surface area contributed by atoms with E-state index < -0.39 is 0 Å². The van der Waals surface area contributed by atoms with E-state index in [1.807, 2.05) is 0 Å².